The molecule has 33 heavy (non-hydrogen) atoms. The molecule has 2 heterocycles. The topological polar surface area (TPSA) is 93.6 Å². The van der Waals surface area contributed by atoms with Crippen LogP contribution in [-0.4, -0.2) is 33.1 Å². The van der Waals surface area contributed by atoms with Crippen molar-refractivity contribution < 1.29 is 19.4 Å². The summed E-state index contributed by atoms with van der Waals surface area (Å²) in [6, 6.07) is 15.4. The van der Waals surface area contributed by atoms with Gasteiger partial charge in [-0.1, -0.05) is 66.4 Å². The highest BCUT2D eigenvalue weighted by molar-refractivity contribution is 8.01. The van der Waals surface area contributed by atoms with Crippen molar-refractivity contribution in [2.45, 2.75) is 50.2 Å². The molecule has 0 radical (unpaired) electrons. The molecule has 0 saturated carbocycles. The summed E-state index contributed by atoms with van der Waals surface area (Å²) in [6.45, 7) is 5.56. The molecule has 174 valence electrons. The average molecular weight is 486 g/mol. The lowest BCUT2D eigenvalue weighted by molar-refractivity contribution is -0.268. The Morgan fingerprint density at radius 3 is 2.61 bits per heavy atom. The van der Waals surface area contributed by atoms with E-state index in [2.05, 4.69) is 22.4 Å². The van der Waals surface area contributed by atoms with Crippen molar-refractivity contribution in [2.24, 2.45) is 5.92 Å². The van der Waals surface area contributed by atoms with Gasteiger partial charge in [-0.05, 0) is 30.2 Å². The SMILES string of the molecule is CC(=O)Nc1cccc([C@H]2O[C@@H](CSc3nnc(C)s3)[C@@H](C)[C@@H](c3ccc(CO)cc3)O2)c1. The Morgan fingerprint density at radius 2 is 1.94 bits per heavy atom. The Labute approximate surface area is 201 Å². The van der Waals surface area contributed by atoms with Crippen LogP contribution in [0.25, 0.3) is 0 Å². The molecule has 0 bridgehead atoms. The Balaban J connectivity index is 1.59. The molecule has 1 fully saturated rings. The minimum absolute atomic E-state index is 0.00354. The summed E-state index contributed by atoms with van der Waals surface area (Å²) >= 11 is 3.21. The standard InChI is InChI=1S/C24H27N3O4S2/c1-14-21(13-32-24-27-26-16(3)33-24)30-23(19-5-4-6-20(11-19)25-15(2)29)31-22(14)18-9-7-17(12-28)8-10-18/h4-11,14,21-23,28H,12-13H2,1-3H3,(H,25,29)/t14-,21+,22+,23+/m1/s1. The fourth-order valence-corrected chi connectivity index (χ4v) is 5.77. The molecule has 2 N–H and O–H groups in total. The van der Waals surface area contributed by atoms with E-state index in [0.29, 0.717) is 11.4 Å². The first-order valence-corrected chi connectivity index (χ1v) is 12.5. The van der Waals surface area contributed by atoms with Gasteiger partial charge in [0.25, 0.3) is 0 Å². The Bertz CT molecular complexity index is 1090. The van der Waals surface area contributed by atoms with Crippen molar-refractivity contribution in [3.05, 3.63) is 70.2 Å². The van der Waals surface area contributed by atoms with Gasteiger partial charge in [0.1, 0.15) is 5.01 Å². The molecule has 1 aromatic heterocycles. The zero-order valence-electron chi connectivity index (χ0n) is 18.7. The number of aliphatic hydroxyl groups excluding tert-OH is 1. The number of aliphatic hydroxyl groups is 1. The molecule has 0 unspecified atom stereocenters. The largest absolute Gasteiger partial charge is 0.392 e. The van der Waals surface area contributed by atoms with Gasteiger partial charge in [0, 0.05) is 29.8 Å². The summed E-state index contributed by atoms with van der Waals surface area (Å²) in [6.07, 6.45) is -0.869. The third-order valence-electron chi connectivity index (χ3n) is 5.48. The number of thioether (sulfide) groups is 1. The van der Waals surface area contributed by atoms with Crippen molar-refractivity contribution in [2.75, 3.05) is 11.1 Å². The molecule has 1 aliphatic heterocycles. The van der Waals surface area contributed by atoms with Crippen molar-refractivity contribution in [3.8, 4) is 0 Å². The zero-order chi connectivity index (χ0) is 23.4. The smallest absolute Gasteiger partial charge is 0.221 e. The molecular weight excluding hydrogens is 458 g/mol. The summed E-state index contributed by atoms with van der Waals surface area (Å²) in [5.41, 5.74) is 3.43. The van der Waals surface area contributed by atoms with Crippen LogP contribution in [0.2, 0.25) is 0 Å². The third-order valence-corrected chi connectivity index (χ3v) is 7.54. The van der Waals surface area contributed by atoms with Crippen molar-refractivity contribution >= 4 is 34.7 Å². The highest BCUT2D eigenvalue weighted by Gasteiger charge is 2.38. The number of nitrogens with zero attached hydrogens (tertiary/aromatic N) is 2. The maximum Gasteiger partial charge on any atom is 0.221 e. The number of ether oxygens (including phenoxy) is 2. The highest BCUT2D eigenvalue weighted by atomic mass is 32.2. The average Bonchev–Trinajstić information content (AvgIpc) is 3.23. The number of aryl methyl sites for hydroxylation is 1. The lowest BCUT2D eigenvalue weighted by Gasteiger charge is -2.41. The number of amides is 1. The molecule has 1 aliphatic rings. The van der Waals surface area contributed by atoms with Crippen LogP contribution < -0.4 is 5.32 Å². The van der Waals surface area contributed by atoms with E-state index >= 15 is 0 Å². The van der Waals surface area contributed by atoms with Crippen LogP contribution in [0.3, 0.4) is 0 Å². The summed E-state index contributed by atoms with van der Waals surface area (Å²) in [5, 5.41) is 21.5. The number of anilines is 1. The van der Waals surface area contributed by atoms with E-state index < -0.39 is 6.29 Å². The maximum atomic E-state index is 11.5. The highest BCUT2D eigenvalue weighted by Crippen LogP contribution is 2.43. The van der Waals surface area contributed by atoms with Crippen molar-refractivity contribution in [3.63, 3.8) is 0 Å². The number of rotatable bonds is 7. The number of carbonyl (C=O) groups is 1. The van der Waals surface area contributed by atoms with E-state index in [9.17, 15) is 9.90 Å². The van der Waals surface area contributed by atoms with Gasteiger partial charge in [0.15, 0.2) is 10.6 Å². The predicted molar refractivity (Wildman–Crippen MR) is 129 cm³/mol. The monoisotopic (exact) mass is 485 g/mol. The first-order chi connectivity index (χ1) is 15.9. The van der Waals surface area contributed by atoms with Crippen molar-refractivity contribution in [1.29, 1.82) is 0 Å². The van der Waals surface area contributed by atoms with E-state index in [-0.39, 0.29) is 30.6 Å². The number of hydrogen-bond donors (Lipinski definition) is 2. The van der Waals surface area contributed by atoms with Crippen LogP contribution in [-0.2, 0) is 20.9 Å². The van der Waals surface area contributed by atoms with Crippen LogP contribution in [0.5, 0.6) is 0 Å². The molecular formula is C24H27N3O4S2. The first kappa shape index (κ1) is 23.8. The molecule has 1 saturated heterocycles. The second kappa shape index (κ2) is 10.8. The van der Waals surface area contributed by atoms with Gasteiger partial charge in [-0.3, -0.25) is 4.79 Å². The Hall–Kier alpha value is -2.30. The minimum Gasteiger partial charge on any atom is -0.392 e. The third kappa shape index (κ3) is 5.99. The van der Waals surface area contributed by atoms with Crippen LogP contribution in [0.15, 0.2) is 52.9 Å². The van der Waals surface area contributed by atoms with Crippen LogP contribution in [0, 0.1) is 12.8 Å². The van der Waals surface area contributed by atoms with Crippen molar-refractivity contribution in [1.82, 2.24) is 10.2 Å². The summed E-state index contributed by atoms with van der Waals surface area (Å²) in [5.74, 6) is 0.669. The molecule has 0 spiro atoms. The van der Waals surface area contributed by atoms with Gasteiger partial charge in [-0.2, -0.15) is 0 Å². The normalized spacial score (nSPS) is 22.8. The summed E-state index contributed by atoms with van der Waals surface area (Å²) < 4.78 is 13.8. The molecule has 2 aromatic carbocycles. The van der Waals surface area contributed by atoms with Crippen LogP contribution in [0.4, 0.5) is 5.69 Å². The first-order valence-electron chi connectivity index (χ1n) is 10.7. The number of benzene rings is 2. The summed E-state index contributed by atoms with van der Waals surface area (Å²) in [4.78, 5) is 11.5. The Morgan fingerprint density at radius 1 is 1.15 bits per heavy atom. The fraction of sp³-hybridized carbons (Fsp3) is 0.375. The van der Waals surface area contributed by atoms with Crippen LogP contribution in [0.1, 0.15) is 47.9 Å². The lowest BCUT2D eigenvalue weighted by Crippen LogP contribution is -2.38. The van der Waals surface area contributed by atoms with Gasteiger partial charge in [-0.25, -0.2) is 0 Å². The number of nitrogens with one attached hydrogen (secondary N) is 1. The van der Waals surface area contributed by atoms with Crippen LogP contribution >= 0.6 is 23.1 Å². The van der Waals surface area contributed by atoms with E-state index in [4.69, 9.17) is 9.47 Å². The Kier molecular flexibility index (Phi) is 7.77. The second-order valence-corrected chi connectivity index (χ2v) is 10.5. The second-order valence-electron chi connectivity index (χ2n) is 8.03. The summed E-state index contributed by atoms with van der Waals surface area (Å²) in [7, 11) is 0. The van der Waals surface area contributed by atoms with Gasteiger partial charge in [0.05, 0.1) is 18.8 Å². The van der Waals surface area contributed by atoms with E-state index in [1.807, 2.05) is 55.5 Å². The zero-order valence-corrected chi connectivity index (χ0v) is 20.4. The van der Waals surface area contributed by atoms with E-state index in [0.717, 1.165) is 26.0 Å². The minimum atomic E-state index is -0.584. The quantitative estimate of drug-likeness (QED) is 0.461. The molecule has 1 amide bonds. The van der Waals surface area contributed by atoms with E-state index in [1.54, 1.807) is 23.1 Å². The maximum absolute atomic E-state index is 11.5. The van der Waals surface area contributed by atoms with E-state index in [1.165, 1.54) is 6.92 Å². The molecule has 4 rings (SSSR count). The molecule has 4 atom stereocenters. The lowest BCUT2D eigenvalue weighted by atomic mass is 9.91. The molecule has 0 aliphatic carbocycles. The predicted octanol–water partition coefficient (Wildman–Crippen LogP) is 4.88. The molecule has 7 nitrogen and oxygen atoms in total. The van der Waals surface area contributed by atoms with Gasteiger partial charge in [0.2, 0.25) is 5.91 Å². The fourth-order valence-electron chi connectivity index (χ4n) is 3.77. The molecule has 3 aromatic rings. The number of aromatic nitrogens is 2. The van der Waals surface area contributed by atoms with Gasteiger partial charge >= 0.3 is 0 Å². The van der Waals surface area contributed by atoms with Gasteiger partial charge in [-0.15, -0.1) is 10.2 Å². The number of hydrogen-bond acceptors (Lipinski definition) is 8. The number of carbonyl (C=O) groups excluding carboxylic acids is 1. The molecule has 9 heteroatoms. The van der Waals surface area contributed by atoms with Gasteiger partial charge < -0.3 is 19.9 Å².